The molecule has 1 fully saturated rings. The molecule has 6 heteroatoms. The average molecular weight is 263 g/mol. The van der Waals surface area contributed by atoms with Crippen molar-refractivity contribution in [3.8, 4) is 0 Å². The van der Waals surface area contributed by atoms with Crippen LogP contribution in [0.1, 0.15) is 19.0 Å². The fraction of sp³-hybridized carbons (Fsp3) is 0.462. The minimum absolute atomic E-state index is 0.161. The quantitative estimate of drug-likeness (QED) is 0.817. The third-order valence-corrected chi connectivity index (χ3v) is 3.56. The maximum atomic E-state index is 12.0. The predicted octanol–water partition coefficient (Wildman–Crippen LogP) is 0.756. The molecule has 19 heavy (non-hydrogen) atoms. The van der Waals surface area contributed by atoms with Crippen molar-refractivity contribution in [3.05, 3.63) is 24.0 Å². The first-order chi connectivity index (χ1) is 8.92. The number of hydrogen-bond acceptors (Lipinski definition) is 3. The number of carbonyl (C=O) groups excluding carboxylic acids is 1. The average Bonchev–Trinajstić information content (AvgIpc) is 2.94. The Morgan fingerprint density at radius 3 is 2.79 bits per heavy atom. The number of hydrogen-bond donors (Lipinski definition) is 1. The fourth-order valence-corrected chi connectivity index (χ4v) is 2.13. The van der Waals surface area contributed by atoms with Gasteiger partial charge in [0.1, 0.15) is 0 Å². The Balaban J connectivity index is 2.01. The van der Waals surface area contributed by atoms with Gasteiger partial charge in [-0.2, -0.15) is 5.10 Å². The Labute approximate surface area is 111 Å². The number of rotatable bonds is 3. The van der Waals surface area contributed by atoms with Crippen LogP contribution in [-0.4, -0.2) is 44.8 Å². The molecule has 1 aliphatic heterocycles. The van der Waals surface area contributed by atoms with Gasteiger partial charge in [0.15, 0.2) is 0 Å². The monoisotopic (exact) mass is 263 g/mol. The number of aliphatic carboxylic acids is 1. The van der Waals surface area contributed by atoms with Crippen LogP contribution in [0.15, 0.2) is 18.3 Å². The summed E-state index contributed by atoms with van der Waals surface area (Å²) in [6.45, 7) is 2.42. The molecular formula is C13H17N3O3. The summed E-state index contributed by atoms with van der Waals surface area (Å²) >= 11 is 0. The number of likely N-dealkylation sites (tertiary alicyclic amines) is 1. The third kappa shape index (κ3) is 2.67. The maximum absolute atomic E-state index is 12.0. The van der Waals surface area contributed by atoms with Crippen molar-refractivity contribution in [1.82, 2.24) is 14.7 Å². The number of nitrogens with zero attached hydrogens (tertiary/aromatic N) is 3. The topological polar surface area (TPSA) is 75.4 Å². The molecule has 1 atom stereocenters. The van der Waals surface area contributed by atoms with Crippen LogP contribution < -0.4 is 0 Å². The summed E-state index contributed by atoms with van der Waals surface area (Å²) in [5, 5.41) is 13.1. The van der Waals surface area contributed by atoms with Gasteiger partial charge in [0.05, 0.1) is 11.1 Å². The number of aromatic nitrogens is 2. The van der Waals surface area contributed by atoms with Gasteiger partial charge in [0.2, 0.25) is 5.91 Å². The van der Waals surface area contributed by atoms with E-state index in [1.807, 2.05) is 0 Å². The normalized spacial score (nSPS) is 23.2. The van der Waals surface area contributed by atoms with Crippen LogP contribution in [0.25, 0.3) is 6.08 Å². The van der Waals surface area contributed by atoms with Crippen LogP contribution in [-0.2, 0) is 16.6 Å². The zero-order valence-electron chi connectivity index (χ0n) is 11.0. The molecule has 102 valence electrons. The molecule has 6 nitrogen and oxygen atoms in total. The molecule has 1 aromatic rings. The second kappa shape index (κ2) is 4.87. The lowest BCUT2D eigenvalue weighted by Gasteiger charge is -2.18. The van der Waals surface area contributed by atoms with E-state index in [1.54, 1.807) is 41.9 Å². The van der Waals surface area contributed by atoms with Crippen molar-refractivity contribution in [1.29, 1.82) is 0 Å². The minimum atomic E-state index is -0.849. The van der Waals surface area contributed by atoms with Gasteiger partial charge in [-0.15, -0.1) is 0 Å². The molecule has 0 radical (unpaired) electrons. The van der Waals surface area contributed by atoms with Crippen LogP contribution in [0, 0.1) is 5.41 Å². The molecular weight excluding hydrogens is 246 g/mol. The highest BCUT2D eigenvalue weighted by atomic mass is 16.4. The van der Waals surface area contributed by atoms with Gasteiger partial charge in [-0.1, -0.05) is 0 Å². The first-order valence-electron chi connectivity index (χ1n) is 6.11. The maximum Gasteiger partial charge on any atom is 0.311 e. The zero-order chi connectivity index (χ0) is 14.0. The van der Waals surface area contributed by atoms with Crippen molar-refractivity contribution >= 4 is 18.0 Å². The number of aryl methyl sites for hydroxylation is 1. The molecule has 0 spiro atoms. The molecule has 0 aromatic carbocycles. The van der Waals surface area contributed by atoms with E-state index in [1.165, 1.54) is 6.08 Å². The SMILES string of the molecule is Cn1nccc1/C=C/C(=O)N1CCC(C)(C(=O)O)C1. The van der Waals surface area contributed by atoms with Crippen molar-refractivity contribution in [2.75, 3.05) is 13.1 Å². The van der Waals surface area contributed by atoms with Crippen molar-refractivity contribution in [2.24, 2.45) is 12.5 Å². The molecule has 0 saturated carbocycles. The lowest BCUT2D eigenvalue weighted by molar-refractivity contribution is -0.147. The van der Waals surface area contributed by atoms with E-state index < -0.39 is 11.4 Å². The lowest BCUT2D eigenvalue weighted by Crippen LogP contribution is -2.34. The molecule has 1 N–H and O–H groups in total. The van der Waals surface area contributed by atoms with E-state index in [0.29, 0.717) is 13.0 Å². The molecule has 1 aliphatic rings. The number of carbonyl (C=O) groups is 2. The summed E-state index contributed by atoms with van der Waals surface area (Å²) in [4.78, 5) is 24.7. The second-order valence-corrected chi connectivity index (χ2v) is 5.09. The Hall–Kier alpha value is -2.11. The fourth-order valence-electron chi connectivity index (χ4n) is 2.13. The van der Waals surface area contributed by atoms with Gasteiger partial charge >= 0.3 is 5.97 Å². The van der Waals surface area contributed by atoms with Crippen LogP contribution >= 0.6 is 0 Å². The van der Waals surface area contributed by atoms with Gasteiger partial charge < -0.3 is 10.0 Å². The summed E-state index contributed by atoms with van der Waals surface area (Å²) in [6, 6.07) is 1.80. The van der Waals surface area contributed by atoms with Gasteiger partial charge in [-0.3, -0.25) is 14.3 Å². The van der Waals surface area contributed by atoms with E-state index in [2.05, 4.69) is 5.10 Å². The first kappa shape index (κ1) is 13.3. The highest BCUT2D eigenvalue weighted by molar-refractivity contribution is 5.92. The second-order valence-electron chi connectivity index (χ2n) is 5.09. The van der Waals surface area contributed by atoms with E-state index in [9.17, 15) is 9.59 Å². The van der Waals surface area contributed by atoms with Gasteiger partial charge in [-0.25, -0.2) is 0 Å². The van der Waals surface area contributed by atoms with E-state index >= 15 is 0 Å². The van der Waals surface area contributed by atoms with Gasteiger partial charge in [-0.05, 0) is 25.5 Å². The molecule has 2 heterocycles. The number of carboxylic acid groups (broad SMARTS) is 1. The van der Waals surface area contributed by atoms with Crippen LogP contribution in [0.4, 0.5) is 0 Å². The van der Waals surface area contributed by atoms with E-state index in [4.69, 9.17) is 5.11 Å². The Kier molecular flexibility index (Phi) is 3.42. The van der Waals surface area contributed by atoms with E-state index in [-0.39, 0.29) is 12.5 Å². The standard InChI is InChI=1S/C13H17N3O3/c1-13(12(18)19)6-8-16(9-13)11(17)4-3-10-5-7-14-15(10)2/h3-5,7H,6,8-9H2,1-2H3,(H,18,19)/b4-3+. The van der Waals surface area contributed by atoms with Crippen LogP contribution in [0.5, 0.6) is 0 Å². The highest BCUT2D eigenvalue weighted by Crippen LogP contribution is 2.30. The Morgan fingerprint density at radius 1 is 1.53 bits per heavy atom. The number of amides is 1. The van der Waals surface area contributed by atoms with Crippen molar-refractivity contribution in [2.45, 2.75) is 13.3 Å². The molecule has 1 saturated heterocycles. The van der Waals surface area contributed by atoms with Crippen LogP contribution in [0.3, 0.4) is 0 Å². The largest absolute Gasteiger partial charge is 0.481 e. The number of carboxylic acids is 1. The van der Waals surface area contributed by atoms with Crippen molar-refractivity contribution < 1.29 is 14.7 Å². The first-order valence-corrected chi connectivity index (χ1v) is 6.11. The summed E-state index contributed by atoms with van der Waals surface area (Å²) in [7, 11) is 1.79. The molecule has 0 aliphatic carbocycles. The predicted molar refractivity (Wildman–Crippen MR) is 69.2 cm³/mol. The molecule has 1 unspecified atom stereocenters. The minimum Gasteiger partial charge on any atom is -0.481 e. The molecule has 1 amide bonds. The summed E-state index contributed by atoms with van der Waals surface area (Å²) in [5.41, 5.74) is 0.00397. The smallest absolute Gasteiger partial charge is 0.311 e. The van der Waals surface area contributed by atoms with E-state index in [0.717, 1.165) is 5.69 Å². The summed E-state index contributed by atoms with van der Waals surface area (Å²) in [5.74, 6) is -1.01. The summed E-state index contributed by atoms with van der Waals surface area (Å²) < 4.78 is 1.66. The molecule has 2 rings (SSSR count). The molecule has 1 aromatic heterocycles. The van der Waals surface area contributed by atoms with Crippen molar-refractivity contribution in [3.63, 3.8) is 0 Å². The molecule has 0 bridgehead atoms. The Morgan fingerprint density at radius 2 is 2.26 bits per heavy atom. The van der Waals surface area contributed by atoms with Gasteiger partial charge in [0, 0.05) is 32.4 Å². The zero-order valence-corrected chi connectivity index (χ0v) is 11.0. The Bertz CT molecular complexity index is 535. The lowest BCUT2D eigenvalue weighted by atomic mass is 9.90. The summed E-state index contributed by atoms with van der Waals surface area (Å²) in [6.07, 6.45) is 5.30. The highest BCUT2D eigenvalue weighted by Gasteiger charge is 2.41. The van der Waals surface area contributed by atoms with Gasteiger partial charge in [0.25, 0.3) is 0 Å². The van der Waals surface area contributed by atoms with Crippen LogP contribution in [0.2, 0.25) is 0 Å². The third-order valence-electron chi connectivity index (χ3n) is 3.56.